The van der Waals surface area contributed by atoms with Crippen molar-refractivity contribution in [2.75, 3.05) is 0 Å². The molecule has 1 aliphatic rings. The summed E-state index contributed by atoms with van der Waals surface area (Å²) in [6, 6.07) is 1.09. The van der Waals surface area contributed by atoms with Crippen molar-refractivity contribution in [1.82, 2.24) is 5.32 Å². The summed E-state index contributed by atoms with van der Waals surface area (Å²) in [5.74, 6) is 1.20. The summed E-state index contributed by atoms with van der Waals surface area (Å²) in [6.07, 6.45) is 5.86. The van der Waals surface area contributed by atoms with E-state index in [1.807, 2.05) is 13.8 Å². The Hall–Kier alpha value is -0.370. The van der Waals surface area contributed by atoms with Gasteiger partial charge >= 0.3 is 0 Å². The van der Waals surface area contributed by atoms with Crippen LogP contribution in [0.4, 0.5) is 0 Å². The molecule has 94 valence electrons. The zero-order valence-electron chi connectivity index (χ0n) is 11.3. The predicted molar refractivity (Wildman–Crippen MR) is 68.5 cm³/mol. The second-order valence-electron chi connectivity index (χ2n) is 5.80. The Morgan fingerprint density at radius 2 is 1.81 bits per heavy atom. The SMILES string of the molecule is CC(C)NC1CCCCC1CC(=O)C(C)C. The molecule has 0 aromatic rings. The molecule has 0 aliphatic heterocycles. The first-order valence-corrected chi connectivity index (χ1v) is 6.79. The first-order valence-electron chi connectivity index (χ1n) is 6.79. The van der Waals surface area contributed by atoms with Gasteiger partial charge in [-0.15, -0.1) is 0 Å². The molecule has 0 aromatic carbocycles. The van der Waals surface area contributed by atoms with Crippen molar-refractivity contribution in [2.24, 2.45) is 11.8 Å². The lowest BCUT2D eigenvalue weighted by Crippen LogP contribution is -2.43. The van der Waals surface area contributed by atoms with Gasteiger partial charge in [0, 0.05) is 24.4 Å². The normalized spacial score (nSPS) is 26.4. The summed E-state index contributed by atoms with van der Waals surface area (Å²) in [4.78, 5) is 11.8. The van der Waals surface area contributed by atoms with E-state index in [1.54, 1.807) is 0 Å². The standard InChI is InChI=1S/C14H27NO/c1-10(2)14(16)9-12-7-5-6-8-13(12)15-11(3)4/h10-13,15H,5-9H2,1-4H3. The zero-order chi connectivity index (χ0) is 12.1. The minimum absolute atomic E-state index is 0.196. The molecule has 1 N–H and O–H groups in total. The van der Waals surface area contributed by atoms with Crippen molar-refractivity contribution in [3.8, 4) is 0 Å². The minimum atomic E-state index is 0.196. The maximum Gasteiger partial charge on any atom is 0.135 e. The summed E-state index contributed by atoms with van der Waals surface area (Å²) in [5.41, 5.74) is 0. The van der Waals surface area contributed by atoms with E-state index in [1.165, 1.54) is 25.7 Å². The molecular weight excluding hydrogens is 198 g/mol. The predicted octanol–water partition coefficient (Wildman–Crippen LogP) is 3.16. The molecule has 0 heterocycles. The maximum atomic E-state index is 11.8. The van der Waals surface area contributed by atoms with E-state index in [-0.39, 0.29) is 5.92 Å². The quantitative estimate of drug-likeness (QED) is 0.778. The van der Waals surface area contributed by atoms with Gasteiger partial charge in [0.15, 0.2) is 0 Å². The third-order valence-corrected chi connectivity index (χ3v) is 3.56. The fraction of sp³-hybridized carbons (Fsp3) is 0.929. The topological polar surface area (TPSA) is 29.1 Å². The number of rotatable bonds is 5. The van der Waals surface area contributed by atoms with Crippen molar-refractivity contribution in [3.63, 3.8) is 0 Å². The molecule has 0 bridgehead atoms. The number of Topliss-reactive ketones (excluding diaryl/α,β-unsaturated/α-hetero) is 1. The van der Waals surface area contributed by atoms with Gasteiger partial charge in [-0.3, -0.25) is 4.79 Å². The van der Waals surface area contributed by atoms with Gasteiger partial charge in [0.25, 0.3) is 0 Å². The van der Waals surface area contributed by atoms with Gasteiger partial charge in [-0.25, -0.2) is 0 Å². The maximum absolute atomic E-state index is 11.8. The lowest BCUT2D eigenvalue weighted by Gasteiger charge is -2.33. The van der Waals surface area contributed by atoms with Gasteiger partial charge in [-0.1, -0.05) is 40.5 Å². The number of carbonyl (C=O) groups excluding carboxylic acids is 1. The molecule has 2 heteroatoms. The van der Waals surface area contributed by atoms with Gasteiger partial charge in [0.05, 0.1) is 0 Å². The van der Waals surface area contributed by atoms with E-state index < -0.39 is 0 Å². The van der Waals surface area contributed by atoms with E-state index in [0.717, 1.165) is 6.42 Å². The molecule has 0 aromatic heterocycles. The average Bonchev–Trinajstić information content (AvgIpc) is 2.20. The Kier molecular flexibility index (Phi) is 5.47. The van der Waals surface area contributed by atoms with Crippen LogP contribution in [-0.2, 0) is 4.79 Å². The van der Waals surface area contributed by atoms with Crippen molar-refractivity contribution in [3.05, 3.63) is 0 Å². The molecule has 2 unspecified atom stereocenters. The fourth-order valence-electron chi connectivity index (χ4n) is 2.59. The van der Waals surface area contributed by atoms with Crippen molar-refractivity contribution in [2.45, 2.75) is 71.9 Å². The molecule has 1 saturated carbocycles. The number of ketones is 1. The summed E-state index contributed by atoms with van der Waals surface area (Å²) in [7, 11) is 0. The van der Waals surface area contributed by atoms with Crippen LogP contribution in [0.3, 0.4) is 0 Å². The second-order valence-corrected chi connectivity index (χ2v) is 5.80. The van der Waals surface area contributed by atoms with Gasteiger partial charge in [0.1, 0.15) is 5.78 Å². The van der Waals surface area contributed by atoms with Gasteiger partial charge in [0.2, 0.25) is 0 Å². The molecule has 2 nitrogen and oxygen atoms in total. The molecule has 0 spiro atoms. The van der Waals surface area contributed by atoms with Gasteiger partial charge in [-0.2, -0.15) is 0 Å². The van der Waals surface area contributed by atoms with E-state index in [4.69, 9.17) is 0 Å². The molecule has 2 atom stereocenters. The first-order chi connectivity index (χ1) is 7.50. The van der Waals surface area contributed by atoms with Crippen LogP contribution in [0.1, 0.15) is 59.8 Å². The van der Waals surface area contributed by atoms with Crippen LogP contribution in [0.25, 0.3) is 0 Å². The highest BCUT2D eigenvalue weighted by atomic mass is 16.1. The number of nitrogens with one attached hydrogen (secondary N) is 1. The molecule has 0 saturated heterocycles. The highest BCUT2D eigenvalue weighted by Crippen LogP contribution is 2.28. The Balaban J connectivity index is 2.49. The molecule has 1 rings (SSSR count). The zero-order valence-corrected chi connectivity index (χ0v) is 11.3. The van der Waals surface area contributed by atoms with Crippen LogP contribution in [0.2, 0.25) is 0 Å². The molecule has 0 radical (unpaired) electrons. The van der Waals surface area contributed by atoms with E-state index in [9.17, 15) is 4.79 Å². The Morgan fingerprint density at radius 3 is 2.38 bits per heavy atom. The monoisotopic (exact) mass is 225 g/mol. The van der Waals surface area contributed by atoms with Crippen LogP contribution in [0.5, 0.6) is 0 Å². The number of hydrogen-bond donors (Lipinski definition) is 1. The Bertz CT molecular complexity index is 223. The molecular formula is C14H27NO. The van der Waals surface area contributed by atoms with Gasteiger partial charge < -0.3 is 5.32 Å². The summed E-state index contributed by atoms with van der Waals surface area (Å²) >= 11 is 0. The highest BCUT2D eigenvalue weighted by molar-refractivity contribution is 5.80. The summed E-state index contributed by atoms with van der Waals surface area (Å²) < 4.78 is 0. The van der Waals surface area contributed by atoms with Gasteiger partial charge in [-0.05, 0) is 18.8 Å². The largest absolute Gasteiger partial charge is 0.311 e. The molecule has 0 amide bonds. The Labute approximate surface area is 100 Å². The van der Waals surface area contributed by atoms with E-state index in [0.29, 0.717) is 23.8 Å². The molecule has 1 aliphatic carbocycles. The lowest BCUT2D eigenvalue weighted by molar-refractivity contribution is -0.123. The van der Waals surface area contributed by atoms with Crippen LogP contribution >= 0.6 is 0 Å². The molecule has 16 heavy (non-hydrogen) atoms. The lowest BCUT2D eigenvalue weighted by atomic mass is 9.80. The van der Waals surface area contributed by atoms with Crippen LogP contribution in [0, 0.1) is 11.8 Å². The first kappa shape index (κ1) is 13.7. The second kappa shape index (κ2) is 6.39. The van der Waals surface area contributed by atoms with Crippen LogP contribution in [-0.4, -0.2) is 17.9 Å². The fourth-order valence-corrected chi connectivity index (χ4v) is 2.59. The van der Waals surface area contributed by atoms with Crippen LogP contribution in [0.15, 0.2) is 0 Å². The van der Waals surface area contributed by atoms with Crippen molar-refractivity contribution < 1.29 is 4.79 Å². The van der Waals surface area contributed by atoms with E-state index in [2.05, 4.69) is 19.2 Å². The molecule has 1 fully saturated rings. The summed E-state index contributed by atoms with van der Waals surface area (Å²) in [6.45, 7) is 8.40. The van der Waals surface area contributed by atoms with Crippen molar-refractivity contribution in [1.29, 1.82) is 0 Å². The summed E-state index contributed by atoms with van der Waals surface area (Å²) in [5, 5.41) is 3.62. The van der Waals surface area contributed by atoms with Crippen LogP contribution < -0.4 is 5.32 Å². The third-order valence-electron chi connectivity index (χ3n) is 3.56. The Morgan fingerprint density at radius 1 is 1.19 bits per heavy atom. The smallest absolute Gasteiger partial charge is 0.135 e. The number of hydrogen-bond acceptors (Lipinski definition) is 2. The minimum Gasteiger partial charge on any atom is -0.311 e. The van der Waals surface area contributed by atoms with Crippen molar-refractivity contribution >= 4 is 5.78 Å². The van der Waals surface area contributed by atoms with E-state index >= 15 is 0 Å². The average molecular weight is 225 g/mol. The highest BCUT2D eigenvalue weighted by Gasteiger charge is 2.27. The third kappa shape index (κ3) is 4.25. The number of carbonyl (C=O) groups is 1.